The number of anilines is 1. The number of rotatable bonds is 7. The van der Waals surface area contributed by atoms with Gasteiger partial charge in [0.05, 0.1) is 5.75 Å². The summed E-state index contributed by atoms with van der Waals surface area (Å²) in [5, 5.41) is 2.19. The van der Waals surface area contributed by atoms with Gasteiger partial charge in [-0.3, -0.25) is 9.59 Å². The van der Waals surface area contributed by atoms with Gasteiger partial charge in [-0.25, -0.2) is 4.39 Å². The first-order valence-corrected chi connectivity index (χ1v) is 8.88. The highest BCUT2D eigenvalue weighted by Crippen LogP contribution is 2.15. The van der Waals surface area contributed by atoms with Crippen molar-refractivity contribution in [1.82, 2.24) is 0 Å². The van der Waals surface area contributed by atoms with Crippen LogP contribution < -0.4 is 5.32 Å². The fourth-order valence-corrected chi connectivity index (χ4v) is 2.63. The molecule has 0 bridgehead atoms. The molecular formula is C19H20FNO3S. The first-order chi connectivity index (χ1) is 11.9. The highest BCUT2D eigenvalue weighted by atomic mass is 32.2. The van der Waals surface area contributed by atoms with Crippen molar-refractivity contribution < 1.29 is 18.7 Å². The van der Waals surface area contributed by atoms with Crippen LogP contribution in [0.4, 0.5) is 10.1 Å². The van der Waals surface area contributed by atoms with Crippen LogP contribution in [-0.2, 0) is 20.9 Å². The van der Waals surface area contributed by atoms with E-state index in [9.17, 15) is 14.0 Å². The van der Waals surface area contributed by atoms with Crippen molar-refractivity contribution >= 4 is 29.3 Å². The molecule has 0 spiro atoms. The summed E-state index contributed by atoms with van der Waals surface area (Å²) in [4.78, 5) is 23.8. The molecule has 0 aliphatic heterocycles. The largest absolute Gasteiger partial charge is 0.460 e. The number of esters is 1. The lowest BCUT2D eigenvalue weighted by molar-refractivity contribution is -0.143. The Morgan fingerprint density at radius 1 is 1.12 bits per heavy atom. The van der Waals surface area contributed by atoms with Crippen LogP contribution in [0.1, 0.15) is 18.1 Å². The molecule has 132 valence electrons. The van der Waals surface area contributed by atoms with Crippen molar-refractivity contribution in [3.05, 3.63) is 65.5 Å². The highest BCUT2D eigenvalue weighted by Gasteiger charge is 2.17. The number of aryl methyl sites for hydroxylation is 1. The van der Waals surface area contributed by atoms with Gasteiger partial charge >= 0.3 is 5.97 Å². The molecule has 2 aromatic rings. The van der Waals surface area contributed by atoms with Gasteiger partial charge in [0, 0.05) is 5.69 Å². The predicted molar refractivity (Wildman–Crippen MR) is 97.9 cm³/mol. The number of hydrogen-bond donors (Lipinski definition) is 1. The van der Waals surface area contributed by atoms with E-state index < -0.39 is 5.25 Å². The summed E-state index contributed by atoms with van der Waals surface area (Å²) in [6, 6.07) is 13.3. The number of benzene rings is 2. The van der Waals surface area contributed by atoms with E-state index in [1.54, 1.807) is 6.92 Å². The molecule has 0 aromatic heterocycles. The molecule has 4 nitrogen and oxygen atoms in total. The Morgan fingerprint density at radius 2 is 1.76 bits per heavy atom. The van der Waals surface area contributed by atoms with Gasteiger partial charge in [-0.2, -0.15) is 0 Å². The maximum Gasteiger partial charge on any atom is 0.319 e. The zero-order chi connectivity index (χ0) is 18.2. The molecule has 0 radical (unpaired) electrons. The second-order valence-corrected chi connectivity index (χ2v) is 6.93. The fourth-order valence-electron chi connectivity index (χ4n) is 1.96. The first-order valence-electron chi connectivity index (χ1n) is 7.83. The van der Waals surface area contributed by atoms with Crippen molar-refractivity contribution in [3.63, 3.8) is 0 Å². The number of thioether (sulfide) groups is 1. The van der Waals surface area contributed by atoms with Crippen molar-refractivity contribution in [2.75, 3.05) is 11.1 Å². The van der Waals surface area contributed by atoms with Crippen LogP contribution in [0.3, 0.4) is 0 Å². The average molecular weight is 361 g/mol. The average Bonchev–Trinajstić information content (AvgIpc) is 2.61. The highest BCUT2D eigenvalue weighted by molar-refractivity contribution is 8.01. The molecule has 1 N–H and O–H groups in total. The van der Waals surface area contributed by atoms with Crippen LogP contribution >= 0.6 is 11.8 Å². The molecule has 0 fully saturated rings. The Kier molecular flexibility index (Phi) is 7.01. The third-order valence-corrected chi connectivity index (χ3v) is 4.55. The lowest BCUT2D eigenvalue weighted by Gasteiger charge is -2.11. The van der Waals surface area contributed by atoms with Crippen molar-refractivity contribution in [2.24, 2.45) is 0 Å². The van der Waals surface area contributed by atoms with Gasteiger partial charge in [-0.1, -0.05) is 29.8 Å². The number of carbonyl (C=O) groups is 2. The molecule has 1 amide bonds. The standard InChI is InChI=1S/C19H20FNO3S/c1-13-3-5-15(6-4-13)11-24-19(23)14(2)25-12-18(22)21-17-9-7-16(20)8-10-17/h3-10,14H,11-12H2,1-2H3,(H,21,22)/t14-/m0/s1. The van der Waals surface area contributed by atoms with Crippen LogP contribution in [0, 0.1) is 12.7 Å². The molecule has 0 aliphatic carbocycles. The van der Waals surface area contributed by atoms with Gasteiger partial charge in [0.25, 0.3) is 0 Å². The first kappa shape index (κ1) is 19.0. The quantitative estimate of drug-likeness (QED) is 0.759. The summed E-state index contributed by atoms with van der Waals surface area (Å²) in [6.45, 7) is 3.91. The van der Waals surface area contributed by atoms with Gasteiger partial charge in [0.2, 0.25) is 5.91 Å². The topological polar surface area (TPSA) is 55.4 Å². The number of halogens is 1. The Bertz CT molecular complexity index is 716. The minimum Gasteiger partial charge on any atom is -0.460 e. The molecular weight excluding hydrogens is 341 g/mol. The van der Waals surface area contributed by atoms with Crippen LogP contribution in [0.5, 0.6) is 0 Å². The van der Waals surface area contributed by atoms with Crippen molar-refractivity contribution in [3.8, 4) is 0 Å². The van der Waals surface area contributed by atoms with Crippen LogP contribution in [0.25, 0.3) is 0 Å². The van der Waals surface area contributed by atoms with E-state index in [2.05, 4.69) is 5.32 Å². The fraction of sp³-hybridized carbons (Fsp3) is 0.263. The third-order valence-electron chi connectivity index (χ3n) is 3.43. The second kappa shape index (κ2) is 9.22. The van der Waals surface area contributed by atoms with Gasteiger partial charge < -0.3 is 10.1 Å². The summed E-state index contributed by atoms with van der Waals surface area (Å²) in [6.07, 6.45) is 0. The van der Waals surface area contributed by atoms with E-state index in [4.69, 9.17) is 4.74 Å². The molecule has 2 rings (SSSR count). The third kappa shape index (κ3) is 6.58. The predicted octanol–water partition coefficient (Wildman–Crippen LogP) is 3.94. The van der Waals surface area contributed by atoms with E-state index in [0.717, 1.165) is 11.1 Å². The van der Waals surface area contributed by atoms with Crippen LogP contribution in [-0.4, -0.2) is 22.9 Å². The Labute approximate surface area is 150 Å². The molecule has 0 saturated heterocycles. The van der Waals surface area contributed by atoms with Crippen LogP contribution in [0.15, 0.2) is 48.5 Å². The zero-order valence-electron chi connectivity index (χ0n) is 14.1. The molecule has 1 atom stereocenters. The van der Waals surface area contributed by atoms with Gasteiger partial charge in [-0.15, -0.1) is 11.8 Å². The molecule has 6 heteroatoms. The lowest BCUT2D eigenvalue weighted by atomic mass is 10.2. The number of amides is 1. The Hall–Kier alpha value is -2.34. The van der Waals surface area contributed by atoms with Crippen molar-refractivity contribution in [2.45, 2.75) is 25.7 Å². The minimum absolute atomic E-state index is 0.109. The van der Waals surface area contributed by atoms with E-state index in [1.165, 1.54) is 36.0 Å². The van der Waals surface area contributed by atoms with E-state index in [-0.39, 0.29) is 30.1 Å². The SMILES string of the molecule is Cc1ccc(COC(=O)[C@H](C)SCC(=O)Nc2ccc(F)cc2)cc1. The summed E-state index contributed by atoms with van der Waals surface area (Å²) in [5.41, 5.74) is 2.58. The molecule has 0 unspecified atom stereocenters. The Balaban J connectivity index is 1.72. The summed E-state index contributed by atoms with van der Waals surface area (Å²) in [7, 11) is 0. The monoisotopic (exact) mass is 361 g/mol. The Morgan fingerprint density at radius 3 is 2.40 bits per heavy atom. The number of hydrogen-bond acceptors (Lipinski definition) is 4. The minimum atomic E-state index is -0.454. The maximum atomic E-state index is 12.8. The van der Waals surface area contributed by atoms with Gasteiger partial charge in [0.1, 0.15) is 17.7 Å². The van der Waals surface area contributed by atoms with Gasteiger partial charge in [-0.05, 0) is 43.7 Å². The number of nitrogens with one attached hydrogen (secondary N) is 1. The maximum absolute atomic E-state index is 12.8. The number of carbonyl (C=O) groups excluding carboxylic acids is 2. The molecule has 25 heavy (non-hydrogen) atoms. The molecule has 2 aromatic carbocycles. The normalized spacial score (nSPS) is 11.6. The molecule has 0 saturated carbocycles. The summed E-state index contributed by atoms with van der Waals surface area (Å²) < 4.78 is 18.1. The van der Waals surface area contributed by atoms with Gasteiger partial charge in [0.15, 0.2) is 0 Å². The zero-order valence-corrected chi connectivity index (χ0v) is 14.9. The van der Waals surface area contributed by atoms with E-state index >= 15 is 0 Å². The van der Waals surface area contributed by atoms with Crippen molar-refractivity contribution in [1.29, 1.82) is 0 Å². The summed E-state index contributed by atoms with van der Waals surface area (Å²) in [5.74, 6) is -0.870. The summed E-state index contributed by atoms with van der Waals surface area (Å²) >= 11 is 1.19. The van der Waals surface area contributed by atoms with Crippen LogP contribution in [0.2, 0.25) is 0 Å². The molecule has 0 aliphatic rings. The van der Waals surface area contributed by atoms with E-state index in [1.807, 2.05) is 31.2 Å². The molecule has 0 heterocycles. The smallest absolute Gasteiger partial charge is 0.319 e. The van der Waals surface area contributed by atoms with E-state index in [0.29, 0.717) is 5.69 Å². The number of ether oxygens (including phenoxy) is 1. The second-order valence-electron chi connectivity index (χ2n) is 5.60. The lowest BCUT2D eigenvalue weighted by Crippen LogP contribution is -2.21.